The summed E-state index contributed by atoms with van der Waals surface area (Å²) in [5.74, 6) is 1.46. The van der Waals surface area contributed by atoms with Crippen LogP contribution in [-0.2, 0) is 0 Å². The van der Waals surface area contributed by atoms with E-state index in [1.54, 1.807) is 0 Å². The second kappa shape index (κ2) is 3.86. The van der Waals surface area contributed by atoms with E-state index in [0.29, 0.717) is 5.65 Å². The van der Waals surface area contributed by atoms with E-state index >= 15 is 0 Å². The highest BCUT2D eigenvalue weighted by atomic mass is 35.5. The van der Waals surface area contributed by atoms with Crippen LogP contribution < -0.4 is 9.47 Å². The smallest absolute Gasteiger partial charge is 0.231 e. The standard InChI is InChI=1S/C13H8ClN3O2/c14-13-16-11(8-3-4-15-12(8)17-13)7-1-2-9-10(5-7)19-6-18-9/h1-5H,6H2,(H,15,16,17). The van der Waals surface area contributed by atoms with Crippen LogP contribution in [0.1, 0.15) is 0 Å². The molecule has 0 fully saturated rings. The van der Waals surface area contributed by atoms with Crippen molar-refractivity contribution in [3.8, 4) is 22.8 Å². The van der Waals surface area contributed by atoms with Gasteiger partial charge in [-0.2, -0.15) is 4.98 Å². The number of ether oxygens (including phenoxy) is 2. The second-order valence-electron chi connectivity index (χ2n) is 4.15. The van der Waals surface area contributed by atoms with Crippen molar-refractivity contribution in [1.29, 1.82) is 0 Å². The fraction of sp³-hybridized carbons (Fsp3) is 0.0769. The molecule has 5 nitrogen and oxygen atoms in total. The Morgan fingerprint density at radius 3 is 2.95 bits per heavy atom. The van der Waals surface area contributed by atoms with E-state index in [4.69, 9.17) is 21.1 Å². The van der Waals surface area contributed by atoms with Crippen LogP contribution in [0.4, 0.5) is 0 Å². The Morgan fingerprint density at radius 1 is 1.11 bits per heavy atom. The summed E-state index contributed by atoms with van der Waals surface area (Å²) in [6.07, 6.45) is 1.81. The molecule has 0 unspecified atom stereocenters. The molecule has 0 saturated carbocycles. The molecule has 2 aromatic heterocycles. The SMILES string of the molecule is Clc1nc(-c2ccc3c(c2)OCO3)c2cc[nH]c2n1. The van der Waals surface area contributed by atoms with Gasteiger partial charge in [0.15, 0.2) is 11.5 Å². The molecule has 0 radical (unpaired) electrons. The first-order chi connectivity index (χ1) is 9.31. The van der Waals surface area contributed by atoms with Gasteiger partial charge in [0.05, 0.1) is 5.69 Å². The number of hydrogen-bond acceptors (Lipinski definition) is 4. The molecule has 94 valence electrons. The Hall–Kier alpha value is -2.27. The third-order valence-electron chi connectivity index (χ3n) is 3.03. The van der Waals surface area contributed by atoms with Crippen LogP contribution >= 0.6 is 11.6 Å². The molecule has 0 saturated heterocycles. The summed E-state index contributed by atoms with van der Waals surface area (Å²) in [5, 5.41) is 1.13. The zero-order chi connectivity index (χ0) is 12.8. The van der Waals surface area contributed by atoms with Gasteiger partial charge in [-0.05, 0) is 35.9 Å². The molecule has 0 bridgehead atoms. The highest BCUT2D eigenvalue weighted by Crippen LogP contribution is 2.37. The maximum Gasteiger partial charge on any atom is 0.231 e. The van der Waals surface area contributed by atoms with Crippen molar-refractivity contribution < 1.29 is 9.47 Å². The maximum absolute atomic E-state index is 5.95. The van der Waals surface area contributed by atoms with Gasteiger partial charge in [-0.25, -0.2) is 4.98 Å². The van der Waals surface area contributed by atoms with E-state index in [1.807, 2.05) is 30.5 Å². The van der Waals surface area contributed by atoms with Crippen molar-refractivity contribution in [1.82, 2.24) is 15.0 Å². The molecule has 0 amide bonds. The first-order valence-corrected chi connectivity index (χ1v) is 6.10. The predicted molar refractivity (Wildman–Crippen MR) is 70.5 cm³/mol. The third kappa shape index (κ3) is 1.62. The quantitative estimate of drug-likeness (QED) is 0.693. The van der Waals surface area contributed by atoms with Gasteiger partial charge in [-0.15, -0.1) is 0 Å². The van der Waals surface area contributed by atoms with Gasteiger partial charge < -0.3 is 14.5 Å². The Morgan fingerprint density at radius 2 is 2.00 bits per heavy atom. The molecule has 0 aliphatic carbocycles. The summed E-state index contributed by atoms with van der Waals surface area (Å²) in [4.78, 5) is 11.5. The Balaban J connectivity index is 1.96. The molecular weight excluding hydrogens is 266 g/mol. The van der Waals surface area contributed by atoms with E-state index in [-0.39, 0.29) is 12.1 Å². The lowest BCUT2D eigenvalue weighted by Gasteiger charge is -2.04. The number of H-pyrrole nitrogens is 1. The topological polar surface area (TPSA) is 60.0 Å². The van der Waals surface area contributed by atoms with Gasteiger partial charge >= 0.3 is 0 Å². The summed E-state index contributed by atoms with van der Waals surface area (Å²) in [7, 11) is 0. The van der Waals surface area contributed by atoms with Crippen LogP contribution in [-0.4, -0.2) is 21.7 Å². The monoisotopic (exact) mass is 273 g/mol. The number of aromatic nitrogens is 3. The number of aromatic amines is 1. The molecule has 1 aromatic carbocycles. The van der Waals surface area contributed by atoms with E-state index in [2.05, 4.69) is 15.0 Å². The first-order valence-electron chi connectivity index (χ1n) is 5.72. The summed E-state index contributed by atoms with van der Waals surface area (Å²) in [6, 6.07) is 7.61. The van der Waals surface area contributed by atoms with Gasteiger partial charge in [0.2, 0.25) is 12.1 Å². The fourth-order valence-corrected chi connectivity index (χ4v) is 2.35. The minimum atomic E-state index is 0.211. The highest BCUT2D eigenvalue weighted by Gasteiger charge is 2.16. The van der Waals surface area contributed by atoms with Crippen molar-refractivity contribution >= 4 is 22.6 Å². The lowest BCUT2D eigenvalue weighted by Crippen LogP contribution is -1.93. The molecule has 3 heterocycles. The fourth-order valence-electron chi connectivity index (χ4n) is 2.18. The minimum absolute atomic E-state index is 0.211. The number of fused-ring (bicyclic) bond motifs is 2. The first kappa shape index (κ1) is 10.6. The number of nitrogens with one attached hydrogen (secondary N) is 1. The highest BCUT2D eigenvalue weighted by molar-refractivity contribution is 6.28. The van der Waals surface area contributed by atoms with Crippen molar-refractivity contribution in [2.24, 2.45) is 0 Å². The third-order valence-corrected chi connectivity index (χ3v) is 3.20. The zero-order valence-electron chi connectivity index (χ0n) is 9.68. The number of halogens is 1. The molecule has 0 atom stereocenters. The number of hydrogen-bond donors (Lipinski definition) is 1. The van der Waals surface area contributed by atoms with Crippen LogP contribution in [0.2, 0.25) is 5.28 Å². The van der Waals surface area contributed by atoms with Gasteiger partial charge in [0.1, 0.15) is 5.65 Å². The summed E-state index contributed by atoms with van der Waals surface area (Å²) in [5.41, 5.74) is 2.40. The average molecular weight is 274 g/mol. The van der Waals surface area contributed by atoms with Crippen LogP contribution in [0.25, 0.3) is 22.3 Å². The summed E-state index contributed by atoms with van der Waals surface area (Å²) < 4.78 is 10.7. The summed E-state index contributed by atoms with van der Waals surface area (Å²) >= 11 is 5.95. The van der Waals surface area contributed by atoms with Gasteiger partial charge in [-0.3, -0.25) is 0 Å². The van der Waals surface area contributed by atoms with Gasteiger partial charge in [0, 0.05) is 17.1 Å². The van der Waals surface area contributed by atoms with Gasteiger partial charge in [0.25, 0.3) is 0 Å². The lowest BCUT2D eigenvalue weighted by atomic mass is 10.1. The van der Waals surface area contributed by atoms with Crippen molar-refractivity contribution in [3.05, 3.63) is 35.7 Å². The zero-order valence-corrected chi connectivity index (χ0v) is 10.4. The molecule has 0 spiro atoms. The average Bonchev–Trinajstić information content (AvgIpc) is 3.04. The molecule has 3 aromatic rings. The lowest BCUT2D eigenvalue weighted by molar-refractivity contribution is 0.174. The van der Waals surface area contributed by atoms with Crippen LogP contribution in [0, 0.1) is 0 Å². The van der Waals surface area contributed by atoms with E-state index in [9.17, 15) is 0 Å². The molecule has 4 rings (SSSR count). The Labute approximate surface area is 113 Å². The maximum atomic E-state index is 5.95. The molecule has 1 aliphatic rings. The second-order valence-corrected chi connectivity index (χ2v) is 4.49. The van der Waals surface area contributed by atoms with Crippen LogP contribution in [0.15, 0.2) is 30.5 Å². The van der Waals surface area contributed by atoms with E-state index < -0.39 is 0 Å². The molecule has 1 aliphatic heterocycles. The normalized spacial score (nSPS) is 13.1. The largest absolute Gasteiger partial charge is 0.454 e. The Bertz CT molecular complexity index is 785. The van der Waals surface area contributed by atoms with E-state index in [0.717, 1.165) is 28.1 Å². The van der Waals surface area contributed by atoms with E-state index in [1.165, 1.54) is 0 Å². The molecule has 6 heteroatoms. The molecular formula is C13H8ClN3O2. The minimum Gasteiger partial charge on any atom is -0.454 e. The number of benzene rings is 1. The van der Waals surface area contributed by atoms with Crippen LogP contribution in [0.3, 0.4) is 0 Å². The Kier molecular flexibility index (Phi) is 2.16. The number of rotatable bonds is 1. The van der Waals surface area contributed by atoms with Crippen molar-refractivity contribution in [2.45, 2.75) is 0 Å². The molecule has 1 N–H and O–H groups in total. The number of nitrogens with zero attached hydrogens (tertiary/aromatic N) is 2. The van der Waals surface area contributed by atoms with Gasteiger partial charge in [-0.1, -0.05) is 0 Å². The predicted octanol–water partition coefficient (Wildman–Crippen LogP) is 3.01. The summed E-state index contributed by atoms with van der Waals surface area (Å²) in [6.45, 7) is 0.253. The molecule has 19 heavy (non-hydrogen) atoms. The van der Waals surface area contributed by atoms with Crippen molar-refractivity contribution in [2.75, 3.05) is 6.79 Å². The van der Waals surface area contributed by atoms with Crippen molar-refractivity contribution in [3.63, 3.8) is 0 Å². The van der Waals surface area contributed by atoms with Crippen LogP contribution in [0.5, 0.6) is 11.5 Å².